The fourth-order valence-electron chi connectivity index (χ4n) is 9.03. The summed E-state index contributed by atoms with van der Waals surface area (Å²) in [7, 11) is 0. The Hall–Kier alpha value is -6.66. The molecule has 2 aromatic heterocycles. The van der Waals surface area contributed by atoms with E-state index in [0.717, 1.165) is 48.5 Å². The molecule has 11 rings (SSSR count). The molecule has 2 atom stereocenters. The third-order valence-electron chi connectivity index (χ3n) is 12.0. The van der Waals surface area contributed by atoms with E-state index in [-0.39, 0.29) is 0 Å². The molecule has 2 heterocycles. The van der Waals surface area contributed by atoms with E-state index < -0.39 is 11.2 Å². The van der Waals surface area contributed by atoms with Crippen LogP contribution in [0.15, 0.2) is 218 Å². The van der Waals surface area contributed by atoms with Crippen LogP contribution in [0.2, 0.25) is 0 Å². The van der Waals surface area contributed by atoms with E-state index in [1.165, 1.54) is 26.3 Å². The molecule has 0 spiro atoms. The SMILES string of the molecule is OC1(c2cccc(-c3ccc(-c4ccccc4)s3)c2)c2ccccc2C(O)(c2cccc(-c3ccc(-c4ccccc4)s3)c2)c2cc(-c3ccc4ccccc4c3)ccc21. The predicted molar refractivity (Wildman–Crippen MR) is 250 cm³/mol. The maximum atomic E-state index is 13.8. The molecule has 4 heteroatoms. The van der Waals surface area contributed by atoms with Crippen molar-refractivity contribution in [3.8, 4) is 52.9 Å². The smallest absolute Gasteiger partial charge is 0.141 e. The van der Waals surface area contributed by atoms with Crippen molar-refractivity contribution in [1.82, 2.24) is 0 Å². The van der Waals surface area contributed by atoms with E-state index in [0.29, 0.717) is 22.3 Å². The van der Waals surface area contributed by atoms with Crippen LogP contribution in [-0.4, -0.2) is 10.2 Å². The molecule has 60 heavy (non-hydrogen) atoms. The molecule has 0 bridgehead atoms. The van der Waals surface area contributed by atoms with Gasteiger partial charge in [-0.2, -0.15) is 0 Å². The third kappa shape index (κ3) is 5.99. The van der Waals surface area contributed by atoms with Crippen LogP contribution in [0.4, 0.5) is 0 Å². The molecule has 0 fully saturated rings. The molecule has 0 aliphatic heterocycles. The zero-order valence-corrected chi connectivity index (χ0v) is 34.1. The normalized spacial score (nSPS) is 17.0. The summed E-state index contributed by atoms with van der Waals surface area (Å²) in [6.45, 7) is 0. The summed E-state index contributed by atoms with van der Waals surface area (Å²) in [5, 5.41) is 29.7. The van der Waals surface area contributed by atoms with Gasteiger partial charge in [-0.1, -0.05) is 170 Å². The zero-order valence-electron chi connectivity index (χ0n) is 32.5. The van der Waals surface area contributed by atoms with Crippen molar-refractivity contribution in [2.45, 2.75) is 11.2 Å². The minimum Gasteiger partial charge on any atom is -0.376 e. The molecular formula is C56H38O2S2. The molecular weight excluding hydrogens is 769 g/mol. The number of thiophene rings is 2. The lowest BCUT2D eigenvalue weighted by Gasteiger charge is -2.45. The second kappa shape index (κ2) is 14.6. The zero-order chi connectivity index (χ0) is 40.3. The van der Waals surface area contributed by atoms with Crippen LogP contribution in [0.25, 0.3) is 63.7 Å². The van der Waals surface area contributed by atoms with E-state index in [9.17, 15) is 10.2 Å². The number of rotatable bonds is 7. The minimum atomic E-state index is -1.60. The molecule has 0 saturated heterocycles. The lowest BCUT2D eigenvalue weighted by atomic mass is 9.63. The van der Waals surface area contributed by atoms with Gasteiger partial charge in [0.05, 0.1) is 0 Å². The lowest BCUT2D eigenvalue weighted by Crippen LogP contribution is -2.44. The first-order valence-corrected chi connectivity index (χ1v) is 21.8. The summed E-state index contributed by atoms with van der Waals surface area (Å²) in [5.41, 5.74) is 7.31. The Labute approximate surface area is 357 Å². The number of hydrogen-bond donors (Lipinski definition) is 2. The van der Waals surface area contributed by atoms with Gasteiger partial charge in [0.2, 0.25) is 0 Å². The first-order valence-electron chi connectivity index (χ1n) is 20.2. The van der Waals surface area contributed by atoms with Crippen LogP contribution < -0.4 is 0 Å². The topological polar surface area (TPSA) is 40.5 Å². The summed E-state index contributed by atoms with van der Waals surface area (Å²) < 4.78 is 0. The van der Waals surface area contributed by atoms with Crippen molar-refractivity contribution in [2.75, 3.05) is 0 Å². The largest absolute Gasteiger partial charge is 0.376 e. The van der Waals surface area contributed by atoms with Crippen molar-refractivity contribution >= 4 is 33.4 Å². The summed E-state index contributed by atoms with van der Waals surface area (Å²) >= 11 is 3.48. The Bertz CT molecular complexity index is 3200. The standard InChI is InChI=1S/C56H38O2S2/c57-55(45-21-11-19-43(34-45)53-31-29-51(59-53)38-14-3-1-4-15-38)47-23-9-10-24-48(47)56(58,46-22-12-20-44(35-46)54-32-30-52(60-54)39-16-5-2-6-17-39)50-36-42(27-28-49(50)55)41-26-25-37-13-7-8-18-40(37)33-41/h1-36,57-58H. The highest BCUT2D eigenvalue weighted by atomic mass is 32.1. The molecule has 1 aliphatic rings. The highest BCUT2D eigenvalue weighted by Crippen LogP contribution is 2.55. The number of aliphatic hydroxyl groups is 2. The van der Waals surface area contributed by atoms with Crippen LogP contribution >= 0.6 is 22.7 Å². The Morgan fingerprint density at radius 3 is 1.25 bits per heavy atom. The second-order valence-electron chi connectivity index (χ2n) is 15.5. The summed E-state index contributed by atoms with van der Waals surface area (Å²) in [6.07, 6.45) is 0. The third-order valence-corrected chi connectivity index (χ3v) is 14.4. The van der Waals surface area contributed by atoms with Gasteiger partial charge >= 0.3 is 0 Å². The van der Waals surface area contributed by atoms with Gasteiger partial charge in [0.25, 0.3) is 0 Å². The van der Waals surface area contributed by atoms with Crippen molar-refractivity contribution in [3.05, 3.63) is 252 Å². The van der Waals surface area contributed by atoms with Gasteiger partial charge in [-0.25, -0.2) is 0 Å². The Kier molecular flexibility index (Phi) is 8.84. The molecule has 0 saturated carbocycles. The average molecular weight is 807 g/mol. The molecule has 2 unspecified atom stereocenters. The van der Waals surface area contributed by atoms with Crippen molar-refractivity contribution in [3.63, 3.8) is 0 Å². The molecule has 0 radical (unpaired) electrons. The summed E-state index contributed by atoms with van der Waals surface area (Å²) in [6, 6.07) is 75.1. The Morgan fingerprint density at radius 2 is 0.683 bits per heavy atom. The van der Waals surface area contributed by atoms with E-state index >= 15 is 0 Å². The minimum absolute atomic E-state index is 0.648. The predicted octanol–water partition coefficient (Wildman–Crippen LogP) is 14.2. The molecule has 1 aliphatic carbocycles. The molecule has 8 aromatic carbocycles. The summed E-state index contributed by atoms with van der Waals surface area (Å²) in [4.78, 5) is 4.61. The maximum Gasteiger partial charge on any atom is 0.141 e. The first-order chi connectivity index (χ1) is 29.5. The van der Waals surface area contributed by atoms with Crippen LogP contribution in [0, 0.1) is 0 Å². The summed E-state index contributed by atoms with van der Waals surface area (Å²) in [5.74, 6) is 0. The fourth-order valence-corrected chi connectivity index (χ4v) is 11.0. The Morgan fingerprint density at radius 1 is 0.267 bits per heavy atom. The van der Waals surface area contributed by atoms with E-state index in [4.69, 9.17) is 0 Å². The Balaban J connectivity index is 1.10. The molecule has 286 valence electrons. The van der Waals surface area contributed by atoms with Crippen molar-refractivity contribution in [2.24, 2.45) is 0 Å². The van der Waals surface area contributed by atoms with Crippen LogP contribution in [-0.2, 0) is 11.2 Å². The lowest BCUT2D eigenvalue weighted by molar-refractivity contribution is 0.0749. The van der Waals surface area contributed by atoms with E-state index in [1.807, 2.05) is 66.7 Å². The van der Waals surface area contributed by atoms with Crippen LogP contribution in [0.3, 0.4) is 0 Å². The van der Waals surface area contributed by atoms with Crippen molar-refractivity contribution in [1.29, 1.82) is 0 Å². The number of hydrogen-bond acceptors (Lipinski definition) is 4. The van der Waals surface area contributed by atoms with Gasteiger partial charge in [0, 0.05) is 19.5 Å². The van der Waals surface area contributed by atoms with Crippen LogP contribution in [0.1, 0.15) is 33.4 Å². The second-order valence-corrected chi connectivity index (χ2v) is 17.7. The molecule has 2 nitrogen and oxygen atoms in total. The van der Waals surface area contributed by atoms with Gasteiger partial charge in [-0.3, -0.25) is 0 Å². The number of fused-ring (bicyclic) bond motifs is 3. The van der Waals surface area contributed by atoms with Crippen LogP contribution in [0.5, 0.6) is 0 Å². The molecule has 10 aromatic rings. The quantitative estimate of drug-likeness (QED) is 0.168. The van der Waals surface area contributed by atoms with Gasteiger partial charge in [-0.05, 0) is 126 Å². The van der Waals surface area contributed by atoms with Crippen molar-refractivity contribution < 1.29 is 10.2 Å². The number of benzene rings is 8. The van der Waals surface area contributed by atoms with Gasteiger partial charge in [0.15, 0.2) is 0 Å². The highest BCUT2D eigenvalue weighted by Gasteiger charge is 2.51. The molecule has 0 amide bonds. The maximum absolute atomic E-state index is 13.8. The fraction of sp³-hybridized carbons (Fsp3) is 0.0357. The highest BCUT2D eigenvalue weighted by molar-refractivity contribution is 7.19. The van der Waals surface area contributed by atoms with Gasteiger partial charge < -0.3 is 10.2 Å². The molecule has 2 N–H and O–H groups in total. The van der Waals surface area contributed by atoms with Gasteiger partial charge in [-0.15, -0.1) is 22.7 Å². The van der Waals surface area contributed by atoms with E-state index in [1.54, 1.807) is 22.7 Å². The first kappa shape index (κ1) is 36.4. The monoisotopic (exact) mass is 806 g/mol. The van der Waals surface area contributed by atoms with E-state index in [2.05, 4.69) is 152 Å². The average Bonchev–Trinajstić information content (AvgIpc) is 4.03. The van der Waals surface area contributed by atoms with Gasteiger partial charge in [0.1, 0.15) is 11.2 Å².